The number of para-hydroxylation sites is 1. The summed E-state index contributed by atoms with van der Waals surface area (Å²) in [6, 6.07) is 15.8. The number of methoxy groups -OCH3 is 1. The first-order valence-corrected chi connectivity index (χ1v) is 7.24. The van der Waals surface area contributed by atoms with Crippen LogP contribution in [0.1, 0.15) is 17.3 Å². The first-order chi connectivity index (χ1) is 11.1. The molecule has 0 spiro atoms. The van der Waals surface area contributed by atoms with Crippen molar-refractivity contribution in [1.82, 2.24) is 0 Å². The molecule has 5 heteroatoms. The fraction of sp³-hybridized carbons (Fsp3) is 0.167. The van der Waals surface area contributed by atoms with Crippen LogP contribution < -0.4 is 9.75 Å². The standard InChI is InChI=1S/C18H16N2O3/c1-12-16(17(21)13-8-10-15(23-2)11-9-13)18(22)20(19-12)14-6-4-3-5-7-14/h3-11,16H,1-2H3. The van der Waals surface area contributed by atoms with Gasteiger partial charge in [0.2, 0.25) is 0 Å². The number of rotatable bonds is 4. The lowest BCUT2D eigenvalue weighted by Gasteiger charge is -2.13. The Kier molecular flexibility index (Phi) is 3.93. The molecule has 0 saturated heterocycles. The predicted octanol–water partition coefficient (Wildman–Crippen LogP) is 2.92. The summed E-state index contributed by atoms with van der Waals surface area (Å²) in [5, 5.41) is 5.55. The SMILES string of the molecule is COc1ccc(C(=O)C2C(=O)N(c3ccccc3)N=C2C)cc1. The Morgan fingerprint density at radius 3 is 2.35 bits per heavy atom. The molecule has 1 atom stereocenters. The molecule has 0 fully saturated rings. The van der Waals surface area contributed by atoms with Gasteiger partial charge >= 0.3 is 0 Å². The van der Waals surface area contributed by atoms with E-state index in [2.05, 4.69) is 5.10 Å². The van der Waals surface area contributed by atoms with Crippen LogP contribution in [-0.2, 0) is 4.79 Å². The third kappa shape index (κ3) is 2.73. The second kappa shape index (κ2) is 6.04. The zero-order valence-corrected chi connectivity index (χ0v) is 12.9. The number of anilines is 1. The molecule has 116 valence electrons. The van der Waals surface area contributed by atoms with Gasteiger partial charge in [0, 0.05) is 5.56 Å². The molecule has 5 nitrogen and oxygen atoms in total. The summed E-state index contributed by atoms with van der Waals surface area (Å²) in [6.07, 6.45) is 0. The molecule has 0 aliphatic carbocycles. The van der Waals surface area contributed by atoms with Crippen molar-refractivity contribution in [2.45, 2.75) is 6.92 Å². The van der Waals surface area contributed by atoms with Crippen molar-refractivity contribution >= 4 is 23.1 Å². The Bertz CT molecular complexity index is 767. The topological polar surface area (TPSA) is 59.0 Å². The van der Waals surface area contributed by atoms with E-state index in [1.807, 2.05) is 18.2 Å². The molecule has 0 aromatic heterocycles. The van der Waals surface area contributed by atoms with Gasteiger partial charge in [-0.05, 0) is 43.3 Å². The first-order valence-electron chi connectivity index (χ1n) is 7.24. The van der Waals surface area contributed by atoms with Crippen molar-refractivity contribution in [1.29, 1.82) is 0 Å². The number of hydrazone groups is 1. The van der Waals surface area contributed by atoms with E-state index in [9.17, 15) is 9.59 Å². The van der Waals surface area contributed by atoms with Crippen LogP contribution >= 0.6 is 0 Å². The van der Waals surface area contributed by atoms with Crippen LogP contribution in [0.5, 0.6) is 5.75 Å². The molecule has 2 aromatic carbocycles. The number of nitrogens with zero attached hydrogens (tertiary/aromatic N) is 2. The van der Waals surface area contributed by atoms with E-state index in [1.54, 1.807) is 50.4 Å². The van der Waals surface area contributed by atoms with E-state index in [0.29, 0.717) is 22.7 Å². The van der Waals surface area contributed by atoms with Crippen molar-refractivity contribution in [3.63, 3.8) is 0 Å². The molecule has 0 N–H and O–H groups in total. The monoisotopic (exact) mass is 308 g/mol. The van der Waals surface area contributed by atoms with Gasteiger partial charge in [0.05, 0.1) is 18.5 Å². The number of carbonyl (C=O) groups excluding carboxylic acids is 2. The van der Waals surface area contributed by atoms with Crippen LogP contribution in [0.3, 0.4) is 0 Å². The maximum atomic E-state index is 12.7. The third-order valence-corrected chi connectivity index (χ3v) is 3.77. The van der Waals surface area contributed by atoms with Crippen molar-refractivity contribution in [2.24, 2.45) is 11.0 Å². The Hall–Kier alpha value is -2.95. The van der Waals surface area contributed by atoms with Crippen LogP contribution in [0, 0.1) is 5.92 Å². The largest absolute Gasteiger partial charge is 0.497 e. The summed E-state index contributed by atoms with van der Waals surface area (Å²) in [5.74, 6) is -0.786. The van der Waals surface area contributed by atoms with Gasteiger partial charge in [0.25, 0.3) is 5.91 Å². The van der Waals surface area contributed by atoms with Gasteiger partial charge in [0.1, 0.15) is 11.7 Å². The van der Waals surface area contributed by atoms with Crippen LogP contribution in [0.25, 0.3) is 0 Å². The maximum absolute atomic E-state index is 12.7. The lowest BCUT2D eigenvalue weighted by atomic mass is 9.93. The minimum atomic E-state index is -0.872. The highest BCUT2D eigenvalue weighted by molar-refractivity contribution is 6.30. The quantitative estimate of drug-likeness (QED) is 0.644. The number of benzene rings is 2. The van der Waals surface area contributed by atoms with Crippen molar-refractivity contribution < 1.29 is 14.3 Å². The molecule has 1 aliphatic rings. The van der Waals surface area contributed by atoms with Gasteiger partial charge in [-0.25, -0.2) is 0 Å². The zero-order valence-electron chi connectivity index (χ0n) is 12.9. The van der Waals surface area contributed by atoms with E-state index < -0.39 is 5.92 Å². The number of amides is 1. The molecule has 2 aromatic rings. The fourth-order valence-electron chi connectivity index (χ4n) is 2.54. The number of hydrogen-bond acceptors (Lipinski definition) is 4. The highest BCUT2D eigenvalue weighted by atomic mass is 16.5. The number of hydrogen-bond donors (Lipinski definition) is 0. The highest BCUT2D eigenvalue weighted by Crippen LogP contribution is 2.26. The minimum absolute atomic E-state index is 0.252. The van der Waals surface area contributed by atoms with Gasteiger partial charge < -0.3 is 4.74 Å². The van der Waals surface area contributed by atoms with Crippen molar-refractivity contribution in [2.75, 3.05) is 12.1 Å². The van der Waals surface area contributed by atoms with E-state index in [-0.39, 0.29) is 11.7 Å². The van der Waals surface area contributed by atoms with E-state index in [0.717, 1.165) is 0 Å². The summed E-state index contributed by atoms with van der Waals surface area (Å²) in [5.41, 5.74) is 1.62. The molecule has 0 radical (unpaired) electrons. The van der Waals surface area contributed by atoms with E-state index in [1.165, 1.54) is 5.01 Å². The van der Waals surface area contributed by atoms with Gasteiger partial charge in [-0.2, -0.15) is 10.1 Å². The molecular formula is C18H16N2O3. The van der Waals surface area contributed by atoms with Crippen LogP contribution in [0.15, 0.2) is 59.7 Å². The third-order valence-electron chi connectivity index (χ3n) is 3.77. The molecule has 3 rings (SSSR count). The number of carbonyl (C=O) groups is 2. The average Bonchev–Trinajstić information content (AvgIpc) is 2.89. The molecule has 1 aliphatic heterocycles. The summed E-state index contributed by atoms with van der Waals surface area (Å²) in [4.78, 5) is 25.3. The Labute approximate surface area is 134 Å². The second-order valence-corrected chi connectivity index (χ2v) is 5.25. The van der Waals surface area contributed by atoms with Crippen LogP contribution in [-0.4, -0.2) is 24.5 Å². The predicted molar refractivity (Wildman–Crippen MR) is 87.9 cm³/mol. The number of ketones is 1. The van der Waals surface area contributed by atoms with Gasteiger partial charge in [-0.1, -0.05) is 18.2 Å². The maximum Gasteiger partial charge on any atom is 0.264 e. The number of Topliss-reactive ketones (excluding diaryl/α,β-unsaturated/α-hetero) is 1. The Morgan fingerprint density at radius 1 is 1.09 bits per heavy atom. The average molecular weight is 308 g/mol. The highest BCUT2D eigenvalue weighted by Gasteiger charge is 2.39. The van der Waals surface area contributed by atoms with Crippen LogP contribution in [0.2, 0.25) is 0 Å². The van der Waals surface area contributed by atoms with E-state index >= 15 is 0 Å². The normalized spacial score (nSPS) is 17.1. The van der Waals surface area contributed by atoms with Crippen molar-refractivity contribution in [3.05, 3.63) is 60.2 Å². The van der Waals surface area contributed by atoms with Gasteiger partial charge in [-0.3, -0.25) is 9.59 Å². The van der Waals surface area contributed by atoms with E-state index in [4.69, 9.17) is 4.74 Å². The smallest absolute Gasteiger partial charge is 0.264 e. The van der Waals surface area contributed by atoms with Crippen molar-refractivity contribution in [3.8, 4) is 5.75 Å². The first kappa shape index (κ1) is 15.0. The Morgan fingerprint density at radius 2 is 1.74 bits per heavy atom. The zero-order chi connectivity index (χ0) is 16.4. The van der Waals surface area contributed by atoms with Crippen LogP contribution in [0.4, 0.5) is 5.69 Å². The fourth-order valence-corrected chi connectivity index (χ4v) is 2.54. The lowest BCUT2D eigenvalue weighted by Crippen LogP contribution is -2.32. The van der Waals surface area contributed by atoms with Gasteiger partial charge in [-0.15, -0.1) is 0 Å². The van der Waals surface area contributed by atoms with Gasteiger partial charge in [0.15, 0.2) is 5.78 Å². The summed E-state index contributed by atoms with van der Waals surface area (Å²) in [7, 11) is 1.56. The molecule has 1 heterocycles. The summed E-state index contributed by atoms with van der Waals surface area (Å²) < 4.78 is 5.08. The molecular weight excluding hydrogens is 292 g/mol. The minimum Gasteiger partial charge on any atom is -0.497 e. The molecule has 23 heavy (non-hydrogen) atoms. The summed E-state index contributed by atoms with van der Waals surface area (Å²) >= 11 is 0. The molecule has 0 bridgehead atoms. The lowest BCUT2D eigenvalue weighted by molar-refractivity contribution is -0.118. The molecule has 1 amide bonds. The summed E-state index contributed by atoms with van der Waals surface area (Å²) in [6.45, 7) is 1.70. The Balaban J connectivity index is 1.87. The second-order valence-electron chi connectivity index (χ2n) is 5.25. The molecule has 0 saturated carbocycles. The number of ether oxygens (including phenoxy) is 1. The molecule has 1 unspecified atom stereocenters.